The molecule has 0 bridgehead atoms. The standard InChI is InChI=1S/C6H10N2/c1-6(4-7-2)5-8-3/h4-5H,2H2,1,3H3/b6-4+,8-5+. The molecule has 0 saturated heterocycles. The summed E-state index contributed by atoms with van der Waals surface area (Å²) >= 11 is 0. The van der Waals surface area contributed by atoms with Crippen molar-refractivity contribution < 1.29 is 0 Å². The average Bonchev–Trinajstić information content (AvgIpc) is 1.68. The smallest absolute Gasteiger partial charge is 0.0304 e. The predicted octanol–water partition coefficient (Wildman–Crippen LogP) is 1.29. The van der Waals surface area contributed by atoms with Crippen LogP contribution in [0.15, 0.2) is 21.8 Å². The van der Waals surface area contributed by atoms with Crippen LogP contribution in [0.2, 0.25) is 0 Å². The third-order valence-corrected chi connectivity index (χ3v) is 0.628. The fourth-order valence-electron chi connectivity index (χ4n) is 0.381. The van der Waals surface area contributed by atoms with Gasteiger partial charge in [0.15, 0.2) is 0 Å². The fraction of sp³-hybridized carbons (Fsp3) is 0.333. The molecule has 0 aliphatic carbocycles. The van der Waals surface area contributed by atoms with Gasteiger partial charge in [-0.25, -0.2) is 0 Å². The number of hydrogen-bond acceptors (Lipinski definition) is 2. The van der Waals surface area contributed by atoms with Crippen LogP contribution in [-0.2, 0) is 0 Å². The fourth-order valence-corrected chi connectivity index (χ4v) is 0.381. The molecule has 8 heavy (non-hydrogen) atoms. The van der Waals surface area contributed by atoms with Gasteiger partial charge in [-0.05, 0) is 19.2 Å². The first-order chi connectivity index (χ1) is 3.81. The van der Waals surface area contributed by atoms with E-state index in [9.17, 15) is 0 Å². The molecule has 2 heteroatoms. The van der Waals surface area contributed by atoms with Crippen molar-refractivity contribution in [3.63, 3.8) is 0 Å². The lowest BCUT2D eigenvalue weighted by atomic mass is 10.4. The zero-order chi connectivity index (χ0) is 6.41. The number of rotatable bonds is 2. The van der Waals surface area contributed by atoms with Gasteiger partial charge in [0.25, 0.3) is 0 Å². The summed E-state index contributed by atoms with van der Waals surface area (Å²) in [4.78, 5) is 7.32. The lowest BCUT2D eigenvalue weighted by molar-refractivity contribution is 1.42. The Balaban J connectivity index is 3.79. The van der Waals surface area contributed by atoms with E-state index in [1.165, 1.54) is 0 Å². The van der Waals surface area contributed by atoms with Crippen molar-refractivity contribution in [3.8, 4) is 0 Å². The lowest BCUT2D eigenvalue weighted by Crippen LogP contribution is -1.73. The summed E-state index contributed by atoms with van der Waals surface area (Å²) < 4.78 is 0. The third-order valence-electron chi connectivity index (χ3n) is 0.628. The molecular weight excluding hydrogens is 100 g/mol. The minimum atomic E-state index is 1.02. The van der Waals surface area contributed by atoms with Crippen molar-refractivity contribution in [1.82, 2.24) is 0 Å². The highest BCUT2D eigenvalue weighted by Crippen LogP contribution is 1.85. The second-order valence-electron chi connectivity index (χ2n) is 1.44. The van der Waals surface area contributed by atoms with Gasteiger partial charge in [-0.3, -0.25) is 9.98 Å². The molecule has 0 aliphatic heterocycles. The van der Waals surface area contributed by atoms with E-state index in [2.05, 4.69) is 16.7 Å². The van der Waals surface area contributed by atoms with Gasteiger partial charge in [0.1, 0.15) is 0 Å². The van der Waals surface area contributed by atoms with Crippen molar-refractivity contribution in [1.29, 1.82) is 0 Å². The molecule has 0 fully saturated rings. The molecule has 0 aromatic rings. The number of allylic oxidation sites excluding steroid dienone is 1. The van der Waals surface area contributed by atoms with Gasteiger partial charge in [-0.1, -0.05) is 0 Å². The summed E-state index contributed by atoms with van der Waals surface area (Å²) in [6, 6.07) is 0. The topological polar surface area (TPSA) is 24.7 Å². The zero-order valence-electron chi connectivity index (χ0n) is 5.26. The molecule has 0 aromatic carbocycles. The third kappa shape index (κ3) is 3.28. The molecule has 0 N–H and O–H groups in total. The van der Waals surface area contributed by atoms with Crippen molar-refractivity contribution in [2.24, 2.45) is 9.98 Å². The van der Waals surface area contributed by atoms with E-state index in [0.717, 1.165) is 5.57 Å². The normalized spacial score (nSPS) is 12.5. The van der Waals surface area contributed by atoms with Crippen LogP contribution in [0.3, 0.4) is 0 Å². The van der Waals surface area contributed by atoms with Crippen LogP contribution in [0.4, 0.5) is 0 Å². The summed E-state index contributed by atoms with van der Waals surface area (Å²) in [5.41, 5.74) is 1.02. The second-order valence-corrected chi connectivity index (χ2v) is 1.44. The van der Waals surface area contributed by atoms with Gasteiger partial charge in [0.2, 0.25) is 0 Å². The minimum Gasteiger partial charge on any atom is -0.296 e. The maximum absolute atomic E-state index is 3.77. The molecule has 0 saturated carbocycles. The summed E-state index contributed by atoms with van der Waals surface area (Å²) in [7, 11) is 1.72. The van der Waals surface area contributed by atoms with Crippen LogP contribution in [-0.4, -0.2) is 20.0 Å². The molecule has 0 aromatic heterocycles. The Morgan fingerprint density at radius 1 is 1.62 bits per heavy atom. The second kappa shape index (κ2) is 4.24. The van der Waals surface area contributed by atoms with Gasteiger partial charge >= 0.3 is 0 Å². The summed E-state index contributed by atoms with van der Waals surface area (Å²) in [6.07, 6.45) is 3.39. The van der Waals surface area contributed by atoms with E-state index < -0.39 is 0 Å². The number of aliphatic imine (C=N–C) groups is 2. The predicted molar refractivity (Wildman–Crippen MR) is 37.7 cm³/mol. The molecule has 0 unspecified atom stereocenters. The molecule has 0 atom stereocenters. The van der Waals surface area contributed by atoms with Crippen LogP contribution in [0.25, 0.3) is 0 Å². The van der Waals surface area contributed by atoms with Crippen molar-refractivity contribution in [2.45, 2.75) is 6.92 Å². The van der Waals surface area contributed by atoms with E-state index in [1.54, 1.807) is 19.5 Å². The highest BCUT2D eigenvalue weighted by Gasteiger charge is 1.74. The molecule has 0 heterocycles. The number of hydrogen-bond donors (Lipinski definition) is 0. The van der Waals surface area contributed by atoms with Gasteiger partial charge in [-0.15, -0.1) is 0 Å². The monoisotopic (exact) mass is 110 g/mol. The Hall–Kier alpha value is -0.920. The van der Waals surface area contributed by atoms with E-state index in [0.29, 0.717) is 0 Å². The van der Waals surface area contributed by atoms with Gasteiger partial charge in [-0.2, -0.15) is 0 Å². The minimum absolute atomic E-state index is 1.02. The van der Waals surface area contributed by atoms with Crippen LogP contribution in [0.1, 0.15) is 6.92 Å². The summed E-state index contributed by atoms with van der Waals surface area (Å²) in [5, 5.41) is 0. The molecule has 44 valence electrons. The lowest BCUT2D eigenvalue weighted by Gasteiger charge is -1.81. The molecule has 2 nitrogen and oxygen atoms in total. The van der Waals surface area contributed by atoms with Gasteiger partial charge < -0.3 is 0 Å². The van der Waals surface area contributed by atoms with Crippen LogP contribution in [0, 0.1) is 0 Å². The molecule has 0 aliphatic rings. The van der Waals surface area contributed by atoms with Crippen LogP contribution in [0.5, 0.6) is 0 Å². The average molecular weight is 110 g/mol. The Morgan fingerprint density at radius 2 is 2.25 bits per heavy atom. The first-order valence-corrected chi connectivity index (χ1v) is 2.36. The maximum atomic E-state index is 3.77. The van der Waals surface area contributed by atoms with Gasteiger partial charge in [0, 0.05) is 19.5 Å². The Bertz CT molecular complexity index is 122. The Morgan fingerprint density at radius 3 is 2.62 bits per heavy atom. The van der Waals surface area contributed by atoms with Crippen molar-refractivity contribution >= 4 is 12.9 Å². The molecule has 0 rings (SSSR count). The first kappa shape index (κ1) is 7.08. The molecule has 0 spiro atoms. The van der Waals surface area contributed by atoms with E-state index >= 15 is 0 Å². The van der Waals surface area contributed by atoms with Crippen molar-refractivity contribution in [2.75, 3.05) is 7.05 Å². The first-order valence-electron chi connectivity index (χ1n) is 2.36. The largest absolute Gasteiger partial charge is 0.296 e. The van der Waals surface area contributed by atoms with Gasteiger partial charge in [0.05, 0.1) is 0 Å². The maximum Gasteiger partial charge on any atom is 0.0304 e. The summed E-state index contributed by atoms with van der Waals surface area (Å²) in [6.45, 7) is 5.21. The molecule has 0 radical (unpaired) electrons. The van der Waals surface area contributed by atoms with E-state index in [-0.39, 0.29) is 0 Å². The van der Waals surface area contributed by atoms with E-state index in [1.807, 2.05) is 6.92 Å². The zero-order valence-corrected chi connectivity index (χ0v) is 5.26. The highest BCUT2D eigenvalue weighted by atomic mass is 14.7. The number of nitrogens with zero attached hydrogens (tertiary/aromatic N) is 2. The summed E-state index contributed by atoms with van der Waals surface area (Å²) in [5.74, 6) is 0. The van der Waals surface area contributed by atoms with Crippen molar-refractivity contribution in [3.05, 3.63) is 11.8 Å². The van der Waals surface area contributed by atoms with Crippen LogP contribution >= 0.6 is 0 Å². The Kier molecular flexibility index (Phi) is 3.76. The molecular formula is C6H10N2. The molecule has 0 amide bonds. The van der Waals surface area contributed by atoms with Crippen LogP contribution < -0.4 is 0 Å². The van der Waals surface area contributed by atoms with E-state index in [4.69, 9.17) is 0 Å². The Labute approximate surface area is 49.7 Å². The quantitative estimate of drug-likeness (QED) is 0.478. The highest BCUT2D eigenvalue weighted by molar-refractivity contribution is 5.77. The SMILES string of the molecule is C=N/C=C(C)/C=N/C.